The van der Waals surface area contributed by atoms with E-state index in [2.05, 4.69) is 4.98 Å². The minimum atomic E-state index is -0.886. The van der Waals surface area contributed by atoms with E-state index in [9.17, 15) is 14.7 Å². The van der Waals surface area contributed by atoms with Crippen molar-refractivity contribution in [3.05, 3.63) is 93.2 Å². The summed E-state index contributed by atoms with van der Waals surface area (Å²) >= 11 is 12.4. The molecule has 8 heteroatoms. The molecule has 1 aromatic heterocycles. The maximum Gasteiger partial charge on any atom is 0.300 e. The number of aliphatic hydroxyl groups excluding tert-OH is 1. The fourth-order valence-corrected chi connectivity index (χ4v) is 4.32. The molecule has 1 amide bonds. The van der Waals surface area contributed by atoms with Crippen LogP contribution in [0.15, 0.2) is 66.5 Å². The second-order valence-electron chi connectivity index (χ2n) is 7.25. The van der Waals surface area contributed by atoms with Crippen LogP contribution in [0.5, 0.6) is 5.75 Å². The molecular formula is C24H18Cl2N2O4. The van der Waals surface area contributed by atoms with E-state index >= 15 is 0 Å². The number of anilines is 1. The lowest BCUT2D eigenvalue weighted by Crippen LogP contribution is -2.29. The summed E-state index contributed by atoms with van der Waals surface area (Å²) in [5, 5.41) is 11.7. The SMILES string of the molecule is COc1c(Cl)cc(Cl)cc1/C(O)=C1\C(=O)C(=O)N(c2ccc(C)cc2)C1c1ccncc1. The highest BCUT2D eigenvalue weighted by Crippen LogP contribution is 2.44. The van der Waals surface area contributed by atoms with Crippen LogP contribution < -0.4 is 9.64 Å². The van der Waals surface area contributed by atoms with Gasteiger partial charge in [-0.15, -0.1) is 0 Å². The predicted molar refractivity (Wildman–Crippen MR) is 123 cm³/mol. The first-order valence-corrected chi connectivity index (χ1v) is 10.4. The zero-order valence-corrected chi connectivity index (χ0v) is 18.7. The molecular weight excluding hydrogens is 451 g/mol. The van der Waals surface area contributed by atoms with Gasteiger partial charge in [-0.25, -0.2) is 0 Å². The van der Waals surface area contributed by atoms with Crippen molar-refractivity contribution in [2.75, 3.05) is 12.0 Å². The predicted octanol–water partition coefficient (Wildman–Crippen LogP) is 5.33. The van der Waals surface area contributed by atoms with Crippen molar-refractivity contribution in [3.8, 4) is 5.75 Å². The summed E-state index contributed by atoms with van der Waals surface area (Å²) in [7, 11) is 1.39. The first-order valence-electron chi connectivity index (χ1n) is 9.64. The van der Waals surface area contributed by atoms with Crippen LogP contribution in [0, 0.1) is 6.92 Å². The first-order chi connectivity index (χ1) is 15.3. The van der Waals surface area contributed by atoms with E-state index in [-0.39, 0.29) is 26.9 Å². The van der Waals surface area contributed by atoms with Crippen molar-refractivity contribution in [3.63, 3.8) is 0 Å². The van der Waals surface area contributed by atoms with Crippen LogP contribution in [-0.2, 0) is 9.59 Å². The summed E-state index contributed by atoms with van der Waals surface area (Å²) in [4.78, 5) is 31.7. The van der Waals surface area contributed by atoms with Gasteiger partial charge < -0.3 is 9.84 Å². The molecule has 0 saturated carbocycles. The van der Waals surface area contributed by atoms with Gasteiger partial charge in [0.2, 0.25) is 0 Å². The van der Waals surface area contributed by atoms with E-state index in [1.54, 1.807) is 36.7 Å². The Balaban J connectivity index is 1.99. The lowest BCUT2D eigenvalue weighted by Gasteiger charge is -2.25. The third-order valence-electron chi connectivity index (χ3n) is 5.25. The van der Waals surface area contributed by atoms with Crippen LogP contribution in [0.25, 0.3) is 5.76 Å². The fraction of sp³-hybridized carbons (Fsp3) is 0.125. The number of ketones is 1. The third-order valence-corrected chi connectivity index (χ3v) is 5.74. The number of ether oxygens (including phenoxy) is 1. The van der Waals surface area contributed by atoms with Crippen LogP contribution in [0.3, 0.4) is 0 Å². The van der Waals surface area contributed by atoms with E-state index in [1.165, 1.54) is 24.1 Å². The highest BCUT2D eigenvalue weighted by atomic mass is 35.5. The number of benzene rings is 2. The number of carbonyl (C=O) groups excluding carboxylic acids is 2. The maximum atomic E-state index is 13.2. The number of aryl methyl sites for hydroxylation is 1. The molecule has 3 aromatic rings. The lowest BCUT2D eigenvalue weighted by atomic mass is 9.95. The van der Waals surface area contributed by atoms with E-state index < -0.39 is 23.5 Å². The number of pyridine rings is 1. The third kappa shape index (κ3) is 3.72. The molecule has 1 saturated heterocycles. The fourth-order valence-electron chi connectivity index (χ4n) is 3.75. The summed E-state index contributed by atoms with van der Waals surface area (Å²) in [6.45, 7) is 1.92. The van der Waals surface area contributed by atoms with E-state index in [4.69, 9.17) is 27.9 Å². The number of hydrogen-bond donors (Lipinski definition) is 1. The molecule has 2 aromatic carbocycles. The van der Waals surface area contributed by atoms with Crippen molar-refractivity contribution in [2.45, 2.75) is 13.0 Å². The van der Waals surface area contributed by atoms with Gasteiger partial charge in [0.15, 0.2) is 0 Å². The molecule has 1 aliphatic heterocycles. The minimum Gasteiger partial charge on any atom is -0.507 e. The second kappa shape index (κ2) is 8.65. The van der Waals surface area contributed by atoms with Gasteiger partial charge >= 0.3 is 0 Å². The smallest absolute Gasteiger partial charge is 0.300 e. The van der Waals surface area contributed by atoms with Gasteiger partial charge in [0.25, 0.3) is 11.7 Å². The molecule has 0 aliphatic carbocycles. The monoisotopic (exact) mass is 468 g/mol. The molecule has 0 radical (unpaired) electrons. The Bertz CT molecular complexity index is 1240. The van der Waals surface area contributed by atoms with E-state index in [1.807, 2.05) is 19.1 Å². The van der Waals surface area contributed by atoms with Gasteiger partial charge in [0, 0.05) is 23.1 Å². The number of amides is 1. The summed E-state index contributed by atoms with van der Waals surface area (Å²) in [5.41, 5.74) is 2.15. The quantitative estimate of drug-likeness (QED) is 0.317. The zero-order chi connectivity index (χ0) is 23.0. The standard InChI is InChI=1S/C24H18Cl2N2O4/c1-13-3-5-16(6-4-13)28-20(14-7-9-27-10-8-14)19(22(30)24(28)31)21(29)17-11-15(25)12-18(26)23(17)32-2/h3-12,20,29H,1-2H3/b21-19+. The largest absolute Gasteiger partial charge is 0.507 e. The molecule has 1 N–H and O–H groups in total. The summed E-state index contributed by atoms with van der Waals surface area (Å²) in [6, 6.07) is 12.6. The van der Waals surface area contributed by atoms with Crippen molar-refractivity contribution < 1.29 is 19.4 Å². The number of aliphatic hydroxyl groups is 1. The molecule has 0 bridgehead atoms. The Morgan fingerprint density at radius 1 is 1.06 bits per heavy atom. The van der Waals surface area contributed by atoms with Gasteiger partial charge in [-0.2, -0.15) is 0 Å². The molecule has 1 atom stereocenters. The van der Waals surface area contributed by atoms with Crippen molar-refractivity contribution in [1.82, 2.24) is 4.98 Å². The van der Waals surface area contributed by atoms with Crippen LogP contribution in [-0.4, -0.2) is 28.9 Å². The van der Waals surface area contributed by atoms with Crippen LogP contribution in [0.1, 0.15) is 22.7 Å². The number of methoxy groups -OCH3 is 1. The Labute approximate surface area is 194 Å². The topological polar surface area (TPSA) is 79.7 Å². The zero-order valence-electron chi connectivity index (χ0n) is 17.2. The number of rotatable bonds is 4. The van der Waals surface area contributed by atoms with Crippen LogP contribution in [0.4, 0.5) is 5.69 Å². The van der Waals surface area contributed by atoms with Gasteiger partial charge in [-0.05, 0) is 48.9 Å². The summed E-state index contributed by atoms with van der Waals surface area (Å²) in [6.07, 6.45) is 3.11. The Morgan fingerprint density at radius 3 is 2.34 bits per heavy atom. The number of nitrogens with zero attached hydrogens (tertiary/aromatic N) is 2. The average Bonchev–Trinajstić information content (AvgIpc) is 3.04. The number of carbonyl (C=O) groups is 2. The number of Topliss-reactive ketones (excluding diaryl/α,β-unsaturated/α-hetero) is 1. The van der Waals surface area contributed by atoms with Crippen molar-refractivity contribution in [2.24, 2.45) is 0 Å². The van der Waals surface area contributed by atoms with Crippen LogP contribution >= 0.6 is 23.2 Å². The van der Waals surface area contributed by atoms with Crippen molar-refractivity contribution >= 4 is 46.3 Å². The number of halogens is 2. The van der Waals surface area contributed by atoms with Gasteiger partial charge in [-0.1, -0.05) is 40.9 Å². The second-order valence-corrected chi connectivity index (χ2v) is 8.10. The molecule has 6 nitrogen and oxygen atoms in total. The van der Waals surface area contributed by atoms with Crippen LogP contribution in [0.2, 0.25) is 10.0 Å². The van der Waals surface area contributed by atoms with Gasteiger partial charge in [-0.3, -0.25) is 19.5 Å². The number of hydrogen-bond acceptors (Lipinski definition) is 5. The highest BCUT2D eigenvalue weighted by molar-refractivity contribution is 6.51. The average molecular weight is 469 g/mol. The molecule has 1 fully saturated rings. The molecule has 2 heterocycles. The van der Waals surface area contributed by atoms with E-state index in [0.29, 0.717) is 11.3 Å². The lowest BCUT2D eigenvalue weighted by molar-refractivity contribution is -0.132. The maximum absolute atomic E-state index is 13.2. The van der Waals surface area contributed by atoms with Crippen molar-refractivity contribution in [1.29, 1.82) is 0 Å². The van der Waals surface area contributed by atoms with E-state index in [0.717, 1.165) is 5.56 Å². The normalized spacial score (nSPS) is 17.6. The molecule has 32 heavy (non-hydrogen) atoms. The molecule has 1 aliphatic rings. The molecule has 0 spiro atoms. The molecule has 4 rings (SSSR count). The minimum absolute atomic E-state index is 0.0987. The van der Waals surface area contributed by atoms with Gasteiger partial charge in [0.1, 0.15) is 11.5 Å². The Kier molecular flexibility index (Phi) is 5.91. The Hall–Kier alpha value is -3.35. The van der Waals surface area contributed by atoms with Gasteiger partial charge in [0.05, 0.1) is 29.3 Å². The summed E-state index contributed by atoms with van der Waals surface area (Å²) in [5.74, 6) is -1.88. The molecule has 162 valence electrons. The Morgan fingerprint density at radius 2 is 1.72 bits per heavy atom. The summed E-state index contributed by atoms with van der Waals surface area (Å²) < 4.78 is 5.33. The first kappa shape index (κ1) is 21.9. The highest BCUT2D eigenvalue weighted by Gasteiger charge is 2.47. The number of aromatic nitrogens is 1. The molecule has 1 unspecified atom stereocenters.